The van der Waals surface area contributed by atoms with E-state index in [0.29, 0.717) is 5.56 Å². The van der Waals surface area contributed by atoms with Crippen LogP contribution in [0.25, 0.3) is 0 Å². The van der Waals surface area contributed by atoms with Crippen molar-refractivity contribution in [3.05, 3.63) is 35.4 Å². The molecule has 82 valence electrons. The van der Waals surface area contributed by atoms with Crippen LogP contribution in [0.2, 0.25) is 0 Å². The Bertz CT molecular complexity index is 306. The van der Waals surface area contributed by atoms with Gasteiger partial charge in [0.2, 0.25) is 0 Å². The summed E-state index contributed by atoms with van der Waals surface area (Å²) in [5.74, 6) is -0.0973. The zero-order valence-electron chi connectivity index (χ0n) is 9.25. The molecular weight excluding hydrogens is 190 g/mol. The molecule has 1 aromatic carbocycles. The lowest BCUT2D eigenvalue weighted by Crippen LogP contribution is -2.25. The number of hydrogen-bond acceptors (Lipinski definition) is 2. The third-order valence-corrected chi connectivity index (χ3v) is 2.13. The van der Waals surface area contributed by atoms with Crippen LogP contribution in [0, 0.1) is 0 Å². The molecule has 0 heterocycles. The summed E-state index contributed by atoms with van der Waals surface area (Å²) in [7, 11) is 1.55. The molecule has 1 N–H and O–H groups in total. The van der Waals surface area contributed by atoms with Gasteiger partial charge < -0.3 is 10.1 Å². The Hall–Kier alpha value is -1.35. The number of benzene rings is 1. The van der Waals surface area contributed by atoms with Gasteiger partial charge in [-0.25, -0.2) is 0 Å². The molecule has 0 aliphatic heterocycles. The molecule has 0 fully saturated rings. The van der Waals surface area contributed by atoms with Crippen LogP contribution in [-0.4, -0.2) is 19.7 Å². The molecule has 0 aliphatic carbocycles. The third kappa shape index (κ3) is 3.72. The molecule has 1 aromatic rings. The fourth-order valence-electron chi connectivity index (χ4n) is 1.35. The van der Waals surface area contributed by atoms with Crippen LogP contribution in [0.3, 0.4) is 0 Å². The topological polar surface area (TPSA) is 38.3 Å². The number of ether oxygens (including phenoxy) is 1. The number of hydrogen-bond donors (Lipinski definition) is 1. The monoisotopic (exact) mass is 207 g/mol. The number of aryl methyl sites for hydroxylation is 1. The van der Waals surface area contributed by atoms with Crippen molar-refractivity contribution in [3.63, 3.8) is 0 Å². The number of rotatable bonds is 5. The van der Waals surface area contributed by atoms with Gasteiger partial charge in [0.05, 0.1) is 0 Å². The maximum atomic E-state index is 11.5. The van der Waals surface area contributed by atoms with E-state index in [1.54, 1.807) is 7.11 Å². The van der Waals surface area contributed by atoms with Crippen LogP contribution >= 0.6 is 0 Å². The fraction of sp³-hybridized carbons (Fsp3) is 0.417. The second-order valence-electron chi connectivity index (χ2n) is 3.39. The van der Waals surface area contributed by atoms with Crippen molar-refractivity contribution >= 4 is 5.91 Å². The number of amides is 1. The van der Waals surface area contributed by atoms with Gasteiger partial charge in [-0.2, -0.15) is 0 Å². The molecular formula is C12H17NO2. The van der Waals surface area contributed by atoms with E-state index in [9.17, 15) is 4.79 Å². The predicted octanol–water partition coefficient (Wildman–Crippen LogP) is 1.97. The summed E-state index contributed by atoms with van der Waals surface area (Å²) in [6.45, 7) is 2.38. The minimum Gasteiger partial charge on any atom is -0.364 e. The molecule has 0 spiro atoms. The Morgan fingerprint density at radius 2 is 2.00 bits per heavy atom. The van der Waals surface area contributed by atoms with Gasteiger partial charge in [-0.3, -0.25) is 4.79 Å². The van der Waals surface area contributed by atoms with Crippen LogP contribution < -0.4 is 5.32 Å². The normalized spacial score (nSPS) is 10.0. The highest BCUT2D eigenvalue weighted by Gasteiger charge is 2.03. The number of carbonyl (C=O) groups is 1. The predicted molar refractivity (Wildman–Crippen MR) is 59.8 cm³/mol. The van der Waals surface area contributed by atoms with E-state index in [2.05, 4.69) is 12.2 Å². The average Bonchev–Trinajstić information content (AvgIpc) is 2.27. The highest BCUT2D eigenvalue weighted by Crippen LogP contribution is 2.06. The first-order valence-corrected chi connectivity index (χ1v) is 5.14. The quantitative estimate of drug-likeness (QED) is 0.750. The molecule has 3 heteroatoms. The second-order valence-corrected chi connectivity index (χ2v) is 3.39. The van der Waals surface area contributed by atoms with Crippen LogP contribution in [-0.2, 0) is 11.2 Å². The second kappa shape index (κ2) is 6.19. The summed E-state index contributed by atoms with van der Waals surface area (Å²) in [5.41, 5.74) is 1.94. The van der Waals surface area contributed by atoms with Gasteiger partial charge in [-0.15, -0.1) is 0 Å². The lowest BCUT2D eigenvalue weighted by Gasteiger charge is -2.04. The Kier molecular flexibility index (Phi) is 4.84. The summed E-state index contributed by atoms with van der Waals surface area (Å²) in [6, 6.07) is 7.67. The van der Waals surface area contributed by atoms with Gasteiger partial charge in [0.1, 0.15) is 6.73 Å². The molecule has 1 amide bonds. The fourth-order valence-corrected chi connectivity index (χ4v) is 1.35. The number of nitrogens with one attached hydrogen (secondary N) is 1. The van der Waals surface area contributed by atoms with Crippen LogP contribution in [0.1, 0.15) is 29.3 Å². The van der Waals surface area contributed by atoms with E-state index in [4.69, 9.17) is 4.74 Å². The molecule has 0 radical (unpaired) electrons. The van der Waals surface area contributed by atoms with E-state index in [0.717, 1.165) is 12.8 Å². The Balaban J connectivity index is 2.58. The maximum Gasteiger partial charge on any atom is 0.253 e. The lowest BCUT2D eigenvalue weighted by molar-refractivity contribution is 0.0872. The molecule has 1 rings (SSSR count). The van der Waals surface area contributed by atoms with E-state index >= 15 is 0 Å². The van der Waals surface area contributed by atoms with Gasteiger partial charge in [-0.1, -0.05) is 25.5 Å². The van der Waals surface area contributed by atoms with Crippen molar-refractivity contribution in [2.45, 2.75) is 19.8 Å². The summed E-state index contributed by atoms with van der Waals surface area (Å²) >= 11 is 0. The van der Waals surface area contributed by atoms with Crippen LogP contribution in [0.15, 0.2) is 24.3 Å². The van der Waals surface area contributed by atoms with Gasteiger partial charge in [0.25, 0.3) is 5.91 Å². The zero-order valence-corrected chi connectivity index (χ0v) is 9.25. The minimum absolute atomic E-state index is 0.0973. The van der Waals surface area contributed by atoms with Gasteiger partial charge in [0.15, 0.2) is 0 Å². The highest BCUT2D eigenvalue weighted by molar-refractivity contribution is 5.94. The van der Waals surface area contributed by atoms with Crippen molar-refractivity contribution in [2.24, 2.45) is 0 Å². The Morgan fingerprint density at radius 1 is 1.33 bits per heavy atom. The standard InChI is InChI=1S/C12H17NO2/c1-3-4-10-5-7-11(8-6-10)12(14)13-9-15-2/h5-8H,3-4,9H2,1-2H3,(H,13,14). The van der Waals surface area contributed by atoms with E-state index in [-0.39, 0.29) is 12.6 Å². The van der Waals surface area contributed by atoms with Crippen LogP contribution in [0.4, 0.5) is 0 Å². The SMILES string of the molecule is CCCc1ccc(C(=O)NCOC)cc1. The van der Waals surface area contributed by atoms with Gasteiger partial charge >= 0.3 is 0 Å². The number of methoxy groups -OCH3 is 1. The molecule has 0 atom stereocenters. The minimum atomic E-state index is -0.0973. The maximum absolute atomic E-state index is 11.5. The summed E-state index contributed by atoms with van der Waals surface area (Å²) in [4.78, 5) is 11.5. The Morgan fingerprint density at radius 3 is 2.53 bits per heavy atom. The number of carbonyl (C=O) groups excluding carboxylic acids is 1. The molecule has 0 aromatic heterocycles. The van der Waals surface area contributed by atoms with E-state index in [1.807, 2.05) is 24.3 Å². The zero-order chi connectivity index (χ0) is 11.1. The molecule has 0 aliphatic rings. The van der Waals surface area contributed by atoms with Crippen molar-refractivity contribution < 1.29 is 9.53 Å². The first kappa shape index (κ1) is 11.7. The first-order chi connectivity index (χ1) is 7.27. The van der Waals surface area contributed by atoms with Crippen molar-refractivity contribution in [1.82, 2.24) is 5.32 Å². The van der Waals surface area contributed by atoms with Crippen molar-refractivity contribution in [2.75, 3.05) is 13.8 Å². The van der Waals surface area contributed by atoms with Gasteiger partial charge in [-0.05, 0) is 24.1 Å². The van der Waals surface area contributed by atoms with Crippen LogP contribution in [0.5, 0.6) is 0 Å². The largest absolute Gasteiger partial charge is 0.364 e. The summed E-state index contributed by atoms with van der Waals surface area (Å²) in [6.07, 6.45) is 2.18. The van der Waals surface area contributed by atoms with Crippen molar-refractivity contribution in [3.8, 4) is 0 Å². The highest BCUT2D eigenvalue weighted by atomic mass is 16.5. The van der Waals surface area contributed by atoms with Gasteiger partial charge in [0, 0.05) is 12.7 Å². The lowest BCUT2D eigenvalue weighted by atomic mass is 10.1. The summed E-state index contributed by atoms with van der Waals surface area (Å²) < 4.78 is 4.76. The third-order valence-electron chi connectivity index (χ3n) is 2.13. The molecule has 0 unspecified atom stereocenters. The molecule has 3 nitrogen and oxygen atoms in total. The molecule has 15 heavy (non-hydrogen) atoms. The molecule has 0 saturated heterocycles. The molecule has 0 bridgehead atoms. The smallest absolute Gasteiger partial charge is 0.253 e. The molecule has 0 saturated carbocycles. The summed E-state index contributed by atoms with van der Waals surface area (Å²) in [5, 5.41) is 2.64. The first-order valence-electron chi connectivity index (χ1n) is 5.14. The van der Waals surface area contributed by atoms with Crippen molar-refractivity contribution in [1.29, 1.82) is 0 Å². The van der Waals surface area contributed by atoms with E-state index in [1.165, 1.54) is 5.56 Å². The average molecular weight is 207 g/mol. The Labute approximate surface area is 90.4 Å². The van der Waals surface area contributed by atoms with E-state index < -0.39 is 0 Å².